The van der Waals surface area contributed by atoms with Gasteiger partial charge in [0.2, 0.25) is 0 Å². The Hall–Kier alpha value is -1.83. The first-order valence-electron chi connectivity index (χ1n) is 10.6. The second kappa shape index (κ2) is 11.7. The lowest BCUT2D eigenvalue weighted by Gasteiger charge is -2.12. The van der Waals surface area contributed by atoms with Crippen LogP contribution >= 0.6 is 0 Å². The Balaban J connectivity index is 1.79. The third kappa shape index (κ3) is 6.16. The molecule has 2 rings (SSSR count). The number of aryl methyl sites for hydroxylation is 1. The van der Waals surface area contributed by atoms with E-state index in [9.17, 15) is 4.79 Å². The van der Waals surface area contributed by atoms with E-state index in [0.29, 0.717) is 0 Å². The van der Waals surface area contributed by atoms with Gasteiger partial charge < -0.3 is 4.57 Å². The highest BCUT2D eigenvalue weighted by Gasteiger charge is 2.05. The molecule has 0 saturated carbocycles. The molecular weight excluding hydrogens is 318 g/mol. The van der Waals surface area contributed by atoms with E-state index in [1.54, 1.807) is 6.07 Å². The number of para-hydroxylation sites is 1. The SMILES string of the molecule is CCCCCCCCCCC/C=C/c1cc(=O)c2ccccc2n1CC. The van der Waals surface area contributed by atoms with Gasteiger partial charge in [0.1, 0.15) is 0 Å². The van der Waals surface area contributed by atoms with Gasteiger partial charge in [-0.25, -0.2) is 0 Å². The normalized spacial score (nSPS) is 11.6. The molecule has 0 radical (unpaired) electrons. The number of rotatable bonds is 12. The Morgan fingerprint density at radius 1 is 0.885 bits per heavy atom. The Bertz CT molecular complexity index is 741. The molecule has 0 aliphatic rings. The van der Waals surface area contributed by atoms with Gasteiger partial charge in [0.15, 0.2) is 5.43 Å². The van der Waals surface area contributed by atoms with Gasteiger partial charge in [-0.15, -0.1) is 0 Å². The van der Waals surface area contributed by atoms with Crippen molar-refractivity contribution in [1.82, 2.24) is 4.57 Å². The molecule has 1 aromatic carbocycles. The Kier molecular flexibility index (Phi) is 9.23. The lowest BCUT2D eigenvalue weighted by molar-refractivity contribution is 0.566. The van der Waals surface area contributed by atoms with Crippen molar-refractivity contribution in [3.05, 3.63) is 52.3 Å². The molecular formula is C24H35NO. The number of benzene rings is 1. The number of unbranched alkanes of at least 4 members (excludes halogenated alkanes) is 9. The fraction of sp³-hybridized carbons (Fsp3) is 0.542. The smallest absolute Gasteiger partial charge is 0.190 e. The second-order valence-corrected chi connectivity index (χ2v) is 7.21. The van der Waals surface area contributed by atoms with Crippen LogP contribution in [0.15, 0.2) is 41.2 Å². The van der Waals surface area contributed by atoms with E-state index < -0.39 is 0 Å². The van der Waals surface area contributed by atoms with E-state index in [-0.39, 0.29) is 5.43 Å². The van der Waals surface area contributed by atoms with Crippen LogP contribution in [0.2, 0.25) is 0 Å². The van der Waals surface area contributed by atoms with E-state index in [2.05, 4.69) is 30.6 Å². The zero-order chi connectivity index (χ0) is 18.6. The summed E-state index contributed by atoms with van der Waals surface area (Å²) in [5, 5.41) is 0.811. The molecule has 0 N–H and O–H groups in total. The summed E-state index contributed by atoms with van der Waals surface area (Å²) in [6, 6.07) is 9.67. The number of nitrogens with zero attached hydrogens (tertiary/aromatic N) is 1. The Morgan fingerprint density at radius 2 is 1.54 bits per heavy atom. The zero-order valence-electron chi connectivity index (χ0n) is 16.7. The lowest BCUT2D eigenvalue weighted by Crippen LogP contribution is -2.11. The standard InChI is InChI=1S/C24H35NO/c1-3-5-6-7-8-9-10-11-12-13-14-17-21-20-24(26)22-18-15-16-19-23(22)25(21)4-2/h14-20H,3-13H2,1-2H3/b17-14+. The average Bonchev–Trinajstić information content (AvgIpc) is 2.66. The van der Waals surface area contributed by atoms with E-state index in [0.717, 1.165) is 29.6 Å². The van der Waals surface area contributed by atoms with Crippen molar-refractivity contribution >= 4 is 17.0 Å². The first kappa shape index (κ1) is 20.5. The first-order chi connectivity index (χ1) is 12.8. The highest BCUT2D eigenvalue weighted by Crippen LogP contribution is 2.15. The van der Waals surface area contributed by atoms with Gasteiger partial charge in [-0.05, 0) is 38.0 Å². The lowest BCUT2D eigenvalue weighted by atomic mass is 10.1. The van der Waals surface area contributed by atoms with Crippen molar-refractivity contribution in [1.29, 1.82) is 0 Å². The van der Waals surface area contributed by atoms with Crippen molar-refractivity contribution < 1.29 is 0 Å². The maximum absolute atomic E-state index is 12.3. The molecule has 2 nitrogen and oxygen atoms in total. The molecule has 0 atom stereocenters. The summed E-state index contributed by atoms with van der Waals surface area (Å²) in [5.41, 5.74) is 2.17. The van der Waals surface area contributed by atoms with E-state index in [4.69, 9.17) is 0 Å². The van der Waals surface area contributed by atoms with Crippen LogP contribution in [0, 0.1) is 0 Å². The van der Waals surface area contributed by atoms with Crippen LogP contribution in [0.3, 0.4) is 0 Å². The summed E-state index contributed by atoms with van der Waals surface area (Å²) in [7, 11) is 0. The molecule has 0 fully saturated rings. The summed E-state index contributed by atoms with van der Waals surface area (Å²) < 4.78 is 2.23. The third-order valence-corrected chi connectivity index (χ3v) is 5.13. The second-order valence-electron chi connectivity index (χ2n) is 7.21. The monoisotopic (exact) mass is 353 g/mol. The molecule has 0 spiro atoms. The zero-order valence-corrected chi connectivity index (χ0v) is 16.7. The van der Waals surface area contributed by atoms with E-state index in [1.807, 2.05) is 24.3 Å². The number of fused-ring (bicyclic) bond motifs is 1. The molecule has 26 heavy (non-hydrogen) atoms. The molecule has 0 bridgehead atoms. The maximum atomic E-state index is 12.3. The maximum Gasteiger partial charge on any atom is 0.190 e. The van der Waals surface area contributed by atoms with Crippen molar-refractivity contribution in [2.24, 2.45) is 0 Å². The number of aromatic nitrogens is 1. The molecule has 1 heterocycles. The molecule has 0 unspecified atom stereocenters. The topological polar surface area (TPSA) is 22.0 Å². The van der Waals surface area contributed by atoms with Crippen LogP contribution in [-0.4, -0.2) is 4.57 Å². The van der Waals surface area contributed by atoms with Gasteiger partial charge in [-0.1, -0.05) is 76.5 Å². The van der Waals surface area contributed by atoms with Crippen LogP contribution in [0.1, 0.15) is 83.7 Å². The fourth-order valence-corrected chi connectivity index (χ4v) is 3.61. The summed E-state index contributed by atoms with van der Waals surface area (Å²) in [6.45, 7) is 5.28. The van der Waals surface area contributed by atoms with Gasteiger partial charge in [-0.2, -0.15) is 0 Å². The van der Waals surface area contributed by atoms with Crippen LogP contribution in [0.5, 0.6) is 0 Å². The number of hydrogen-bond acceptors (Lipinski definition) is 1. The molecule has 142 valence electrons. The van der Waals surface area contributed by atoms with E-state index in [1.165, 1.54) is 57.8 Å². The van der Waals surface area contributed by atoms with Crippen LogP contribution in [-0.2, 0) is 6.54 Å². The van der Waals surface area contributed by atoms with Crippen molar-refractivity contribution in [3.63, 3.8) is 0 Å². The van der Waals surface area contributed by atoms with Gasteiger partial charge in [0.05, 0.1) is 5.52 Å². The average molecular weight is 354 g/mol. The minimum atomic E-state index is 0.119. The van der Waals surface area contributed by atoms with E-state index >= 15 is 0 Å². The van der Waals surface area contributed by atoms with Crippen molar-refractivity contribution in [2.45, 2.75) is 84.6 Å². The summed E-state index contributed by atoms with van der Waals surface area (Å²) in [6.07, 6.45) is 17.7. The molecule has 0 amide bonds. The molecule has 1 aromatic heterocycles. The molecule has 0 aliphatic carbocycles. The molecule has 2 heteroatoms. The third-order valence-electron chi connectivity index (χ3n) is 5.13. The minimum Gasteiger partial charge on any atom is -0.341 e. The quantitative estimate of drug-likeness (QED) is 0.378. The summed E-state index contributed by atoms with van der Waals surface area (Å²) >= 11 is 0. The molecule has 0 aliphatic heterocycles. The Labute approximate surface area is 158 Å². The van der Waals surface area contributed by atoms with Crippen LogP contribution < -0.4 is 5.43 Å². The Morgan fingerprint density at radius 3 is 2.23 bits per heavy atom. The number of pyridine rings is 1. The summed E-state index contributed by atoms with van der Waals surface area (Å²) in [4.78, 5) is 12.3. The fourth-order valence-electron chi connectivity index (χ4n) is 3.61. The molecule has 0 saturated heterocycles. The number of hydrogen-bond donors (Lipinski definition) is 0. The first-order valence-corrected chi connectivity index (χ1v) is 10.6. The molecule has 2 aromatic rings. The van der Waals surface area contributed by atoms with Gasteiger partial charge in [0, 0.05) is 23.7 Å². The van der Waals surface area contributed by atoms with Gasteiger partial charge in [0.25, 0.3) is 0 Å². The predicted molar refractivity (Wildman–Crippen MR) is 115 cm³/mol. The summed E-state index contributed by atoms with van der Waals surface area (Å²) in [5.74, 6) is 0. The number of allylic oxidation sites excluding steroid dienone is 1. The highest BCUT2D eigenvalue weighted by molar-refractivity contribution is 5.80. The predicted octanol–water partition coefficient (Wildman–Crippen LogP) is 6.96. The highest BCUT2D eigenvalue weighted by atomic mass is 16.1. The van der Waals surface area contributed by atoms with Crippen molar-refractivity contribution in [2.75, 3.05) is 0 Å². The van der Waals surface area contributed by atoms with Crippen LogP contribution in [0.25, 0.3) is 17.0 Å². The largest absolute Gasteiger partial charge is 0.341 e. The van der Waals surface area contributed by atoms with Crippen LogP contribution in [0.4, 0.5) is 0 Å². The minimum absolute atomic E-state index is 0.119. The van der Waals surface area contributed by atoms with Gasteiger partial charge >= 0.3 is 0 Å². The van der Waals surface area contributed by atoms with Gasteiger partial charge in [-0.3, -0.25) is 4.79 Å². The van der Waals surface area contributed by atoms with Crippen molar-refractivity contribution in [3.8, 4) is 0 Å².